The van der Waals surface area contributed by atoms with Gasteiger partial charge in [0.25, 0.3) is 0 Å². The Bertz CT molecular complexity index is 4020. The van der Waals surface area contributed by atoms with Crippen molar-refractivity contribution >= 4 is 120 Å². The normalized spacial score (nSPS) is 13.0. The van der Waals surface area contributed by atoms with Crippen LogP contribution in [-0.4, -0.2) is 16.1 Å². The molecule has 0 bridgehead atoms. The summed E-state index contributed by atoms with van der Waals surface area (Å²) in [5.74, 6) is 0. The second-order valence-corrected chi connectivity index (χ2v) is 29.9. The maximum absolute atomic E-state index is 6.88. The molecule has 0 saturated carbocycles. The van der Waals surface area contributed by atoms with Crippen LogP contribution in [0, 0.1) is 0 Å². The molecule has 0 aliphatic carbocycles. The van der Waals surface area contributed by atoms with Gasteiger partial charge in [0, 0.05) is 38.8 Å². The number of rotatable bonds is 8. The van der Waals surface area contributed by atoms with Crippen molar-refractivity contribution in [1.82, 2.24) is 0 Å². The Morgan fingerprint density at radius 1 is 0.371 bits per heavy atom. The third kappa shape index (κ3) is 6.60. The Balaban J connectivity index is 1.06. The molecule has 0 N–H and O–H groups in total. The molecule has 0 saturated heterocycles. The van der Waals surface area contributed by atoms with Gasteiger partial charge in [-0.25, -0.2) is 0 Å². The Hall–Kier alpha value is -7.97. The summed E-state index contributed by atoms with van der Waals surface area (Å²) in [5, 5.41) is 14.2. The summed E-state index contributed by atoms with van der Waals surface area (Å²) >= 11 is 0. The first-order chi connectivity index (χ1) is 34.1. The maximum Gasteiger partial charge on any atom is 0.159 e. The third-order valence-electron chi connectivity index (χ3n) is 15.0. The van der Waals surface area contributed by atoms with Crippen LogP contribution < -0.4 is 25.4 Å². The molecule has 1 aromatic heterocycles. The number of furan rings is 1. The fourth-order valence-corrected chi connectivity index (χ4v) is 15.8. The van der Waals surface area contributed by atoms with Crippen molar-refractivity contribution in [1.29, 1.82) is 0 Å². The molecule has 13 rings (SSSR count). The van der Waals surface area contributed by atoms with Gasteiger partial charge < -0.3 is 14.2 Å². The van der Waals surface area contributed by atoms with Crippen molar-refractivity contribution in [2.45, 2.75) is 32.7 Å². The summed E-state index contributed by atoms with van der Waals surface area (Å²) in [6, 6.07) is 83.2. The maximum atomic E-state index is 6.88. The first kappa shape index (κ1) is 42.2. The Kier molecular flexibility index (Phi) is 9.67. The van der Waals surface area contributed by atoms with Gasteiger partial charge in [-0.2, -0.15) is 0 Å². The number of nitrogens with zero attached hydrogens (tertiary/aromatic N) is 2. The van der Waals surface area contributed by atoms with Gasteiger partial charge >= 0.3 is 0 Å². The predicted molar refractivity (Wildman–Crippen MR) is 306 cm³/mol. The Morgan fingerprint density at radius 2 is 0.971 bits per heavy atom. The lowest BCUT2D eigenvalue weighted by Crippen LogP contribution is -2.56. The van der Waals surface area contributed by atoms with Gasteiger partial charge in [0.1, 0.15) is 13.7 Å². The summed E-state index contributed by atoms with van der Waals surface area (Å²) in [5.41, 5.74) is 13.4. The van der Waals surface area contributed by atoms with E-state index in [4.69, 9.17) is 4.42 Å². The van der Waals surface area contributed by atoms with E-state index in [2.05, 4.69) is 267 Å². The molecule has 3 nitrogen and oxygen atoms in total. The molecule has 0 spiro atoms. The van der Waals surface area contributed by atoms with E-state index in [0.29, 0.717) is 0 Å². The highest BCUT2D eigenvalue weighted by molar-refractivity contribution is 7.03. The van der Waals surface area contributed by atoms with E-state index in [-0.39, 0.29) is 0 Å². The second-order valence-electron chi connectivity index (χ2n) is 20.5. The highest BCUT2D eigenvalue weighted by Gasteiger charge is 2.37. The average Bonchev–Trinajstić information content (AvgIpc) is 3.78. The van der Waals surface area contributed by atoms with Gasteiger partial charge in [0.15, 0.2) is 5.58 Å². The van der Waals surface area contributed by atoms with Crippen molar-refractivity contribution in [2.75, 3.05) is 9.80 Å². The molecule has 70 heavy (non-hydrogen) atoms. The van der Waals surface area contributed by atoms with Crippen LogP contribution in [0.4, 0.5) is 34.1 Å². The zero-order valence-electron chi connectivity index (χ0n) is 40.2. The summed E-state index contributed by atoms with van der Waals surface area (Å²) in [4.78, 5) is 4.91. The number of hydrogen-bond acceptors (Lipinski definition) is 3. The van der Waals surface area contributed by atoms with Crippen LogP contribution in [-0.2, 0) is 0 Å². The van der Waals surface area contributed by atoms with Gasteiger partial charge in [-0.1, -0.05) is 196 Å². The summed E-state index contributed by atoms with van der Waals surface area (Å²) in [6.45, 7) is 12.4. The van der Waals surface area contributed by atoms with Gasteiger partial charge in [-0.3, -0.25) is 0 Å². The van der Waals surface area contributed by atoms with Crippen molar-refractivity contribution in [3.8, 4) is 22.3 Å². The topological polar surface area (TPSA) is 19.6 Å². The number of fused-ring (bicyclic) bond motifs is 9. The molecule has 0 atom stereocenters. The quantitative estimate of drug-likeness (QED) is 0.112. The molecular formula is C65H52N2OSi2. The van der Waals surface area contributed by atoms with E-state index in [1.807, 2.05) is 0 Å². The summed E-state index contributed by atoms with van der Waals surface area (Å²) in [7, 11) is -3.77. The lowest BCUT2D eigenvalue weighted by Gasteiger charge is -2.36. The molecule has 5 heteroatoms. The van der Waals surface area contributed by atoms with Crippen LogP contribution in [0.15, 0.2) is 229 Å². The van der Waals surface area contributed by atoms with Crippen LogP contribution in [0.5, 0.6) is 0 Å². The van der Waals surface area contributed by atoms with Crippen molar-refractivity contribution in [3.63, 3.8) is 0 Å². The fraction of sp³-hybridized carbons (Fsp3) is 0.0769. The highest BCUT2D eigenvalue weighted by atomic mass is 28.3. The minimum absolute atomic E-state index is 0.866. The van der Waals surface area contributed by atoms with Crippen molar-refractivity contribution in [3.05, 3.63) is 224 Å². The van der Waals surface area contributed by atoms with E-state index in [1.165, 1.54) is 70.4 Å². The first-order valence-corrected chi connectivity index (χ1v) is 31.0. The monoisotopic (exact) mass is 932 g/mol. The molecule has 0 unspecified atom stereocenters. The Morgan fingerprint density at radius 3 is 1.76 bits per heavy atom. The number of anilines is 6. The van der Waals surface area contributed by atoms with Crippen LogP contribution in [0.1, 0.15) is 0 Å². The molecule has 0 fully saturated rings. The zero-order valence-corrected chi connectivity index (χ0v) is 42.2. The van der Waals surface area contributed by atoms with Gasteiger partial charge in [-0.15, -0.1) is 0 Å². The fourth-order valence-electron chi connectivity index (χ4n) is 11.5. The minimum atomic E-state index is -2.29. The minimum Gasteiger partial charge on any atom is -0.454 e. The SMILES string of the molecule is C[Si](C)(C)c1ccc(N(c2ccccc2)c2ccc3c(c2)[Si](C)(C)c2cccc4c2c-3cc2c3ccccc3c(N(c3ccccc3-c3ccccc3)c3cccc5c3oc3ccccc35)cc42)cc1. The molecule has 1 aliphatic rings. The van der Waals surface area contributed by atoms with Crippen molar-refractivity contribution < 1.29 is 4.42 Å². The van der Waals surface area contributed by atoms with Crippen LogP contribution in [0.3, 0.4) is 0 Å². The molecule has 0 radical (unpaired) electrons. The highest BCUT2D eigenvalue weighted by Crippen LogP contribution is 2.50. The molecule has 0 amide bonds. The lowest BCUT2D eigenvalue weighted by molar-refractivity contribution is 0.669. The van der Waals surface area contributed by atoms with E-state index in [0.717, 1.165) is 55.8 Å². The van der Waals surface area contributed by atoms with E-state index < -0.39 is 16.1 Å². The molecule has 336 valence electrons. The van der Waals surface area contributed by atoms with Gasteiger partial charge in [0.2, 0.25) is 0 Å². The molecule has 12 aromatic rings. The van der Waals surface area contributed by atoms with E-state index in [9.17, 15) is 0 Å². The largest absolute Gasteiger partial charge is 0.454 e. The summed E-state index contributed by atoms with van der Waals surface area (Å²) < 4.78 is 6.88. The molecule has 2 heterocycles. The second kappa shape index (κ2) is 16.1. The third-order valence-corrected chi connectivity index (χ3v) is 20.6. The summed E-state index contributed by atoms with van der Waals surface area (Å²) in [6.07, 6.45) is 0. The molecule has 1 aliphatic heterocycles. The van der Waals surface area contributed by atoms with Gasteiger partial charge in [0.05, 0.1) is 25.1 Å². The van der Waals surface area contributed by atoms with E-state index in [1.54, 1.807) is 0 Å². The van der Waals surface area contributed by atoms with Crippen LogP contribution in [0.25, 0.3) is 76.5 Å². The van der Waals surface area contributed by atoms with E-state index >= 15 is 0 Å². The first-order valence-electron chi connectivity index (χ1n) is 24.5. The molecular weight excluding hydrogens is 881 g/mol. The number of para-hydroxylation sites is 4. The number of benzene rings is 11. The van der Waals surface area contributed by atoms with Crippen LogP contribution in [0.2, 0.25) is 32.7 Å². The predicted octanol–water partition coefficient (Wildman–Crippen LogP) is 17.0. The van der Waals surface area contributed by atoms with Crippen molar-refractivity contribution in [2.24, 2.45) is 0 Å². The average molecular weight is 933 g/mol. The van der Waals surface area contributed by atoms with Gasteiger partial charge in [-0.05, 0) is 121 Å². The zero-order chi connectivity index (χ0) is 47.3. The Labute approximate surface area is 411 Å². The standard InChI is InChI=1S/C65H52N2OSi2/c1-69(2,3)47-37-34-45(35-38-47)66(44-22-10-7-11-23-44)46-36-39-52-57-41-55-49-25-12-13-26-50(49)60(42-56(55)53-28-19-33-62(64(53)57)70(4,5)63(52)40-46)67(58-30-16-14-24-48(58)43-20-8-6-9-21-43)59-31-18-29-54-51-27-15-17-32-61(51)68-65(54)59/h6-42H,1-5H3. The lowest BCUT2D eigenvalue weighted by atomic mass is 9.89. The smallest absolute Gasteiger partial charge is 0.159 e. The number of hydrogen-bond donors (Lipinski definition) is 0. The van der Waals surface area contributed by atoms with Crippen LogP contribution >= 0.6 is 0 Å². The molecule has 11 aromatic carbocycles.